The predicted molar refractivity (Wildman–Crippen MR) is 73.1 cm³/mol. The van der Waals surface area contributed by atoms with E-state index < -0.39 is 0 Å². The zero-order chi connectivity index (χ0) is 12.8. The molecule has 0 atom stereocenters. The van der Waals surface area contributed by atoms with Crippen molar-refractivity contribution in [2.45, 2.75) is 12.8 Å². The smallest absolute Gasteiger partial charge is 0.225 e. The number of aryl methyl sites for hydroxylation is 1. The molecule has 4 nitrogen and oxygen atoms in total. The van der Waals surface area contributed by atoms with E-state index in [0.717, 1.165) is 10.0 Å². The Morgan fingerprint density at radius 3 is 2.72 bits per heavy atom. The van der Waals surface area contributed by atoms with Gasteiger partial charge in [0.25, 0.3) is 0 Å². The number of hydrogen-bond donors (Lipinski definition) is 1. The summed E-state index contributed by atoms with van der Waals surface area (Å²) in [6, 6.07) is 7.40. The van der Waals surface area contributed by atoms with E-state index in [1.165, 1.54) is 0 Å². The van der Waals surface area contributed by atoms with Gasteiger partial charge in [0.15, 0.2) is 0 Å². The van der Waals surface area contributed by atoms with Gasteiger partial charge in [0, 0.05) is 29.5 Å². The Hall–Kier alpha value is -1.75. The lowest BCUT2D eigenvalue weighted by Crippen LogP contribution is -2.13. The molecule has 0 aromatic carbocycles. The number of amides is 1. The lowest BCUT2D eigenvalue weighted by Gasteiger charge is -2.04. The van der Waals surface area contributed by atoms with E-state index in [1.54, 1.807) is 24.7 Å². The van der Waals surface area contributed by atoms with Gasteiger partial charge >= 0.3 is 0 Å². The molecule has 1 amide bonds. The van der Waals surface area contributed by atoms with Crippen LogP contribution in [0.1, 0.15) is 12.0 Å². The highest BCUT2D eigenvalue weighted by Crippen LogP contribution is 2.13. The number of halogens is 1. The number of hydrogen-bond acceptors (Lipinski definition) is 3. The van der Waals surface area contributed by atoms with E-state index >= 15 is 0 Å². The van der Waals surface area contributed by atoms with Crippen LogP contribution >= 0.6 is 15.9 Å². The van der Waals surface area contributed by atoms with Crippen LogP contribution in [0.15, 0.2) is 47.3 Å². The van der Waals surface area contributed by atoms with E-state index in [9.17, 15) is 4.79 Å². The third-order valence-electron chi connectivity index (χ3n) is 2.38. The van der Waals surface area contributed by atoms with E-state index in [2.05, 4.69) is 31.2 Å². The average molecular weight is 306 g/mol. The molecule has 2 aromatic rings. The molecule has 0 radical (unpaired) electrons. The van der Waals surface area contributed by atoms with Crippen LogP contribution in [-0.2, 0) is 11.2 Å². The highest BCUT2D eigenvalue weighted by molar-refractivity contribution is 9.10. The first-order valence-corrected chi connectivity index (χ1v) is 6.33. The zero-order valence-corrected chi connectivity index (χ0v) is 11.2. The van der Waals surface area contributed by atoms with Gasteiger partial charge in [0.1, 0.15) is 5.82 Å². The second-order valence-electron chi connectivity index (χ2n) is 3.76. The fourth-order valence-electron chi connectivity index (χ4n) is 1.49. The van der Waals surface area contributed by atoms with Crippen LogP contribution in [0.3, 0.4) is 0 Å². The summed E-state index contributed by atoms with van der Waals surface area (Å²) in [7, 11) is 0. The minimum absolute atomic E-state index is 0.0441. The summed E-state index contributed by atoms with van der Waals surface area (Å²) in [4.78, 5) is 19.7. The third-order valence-corrected chi connectivity index (χ3v) is 2.87. The van der Waals surface area contributed by atoms with Gasteiger partial charge in [-0.25, -0.2) is 4.98 Å². The summed E-state index contributed by atoms with van der Waals surface area (Å²) in [5, 5.41) is 2.76. The Balaban J connectivity index is 1.86. The Morgan fingerprint density at radius 1 is 1.22 bits per heavy atom. The predicted octanol–water partition coefficient (Wildman–Crippen LogP) is 2.81. The lowest BCUT2D eigenvalue weighted by atomic mass is 10.1. The van der Waals surface area contributed by atoms with Crippen molar-refractivity contribution in [3.63, 3.8) is 0 Å². The van der Waals surface area contributed by atoms with Gasteiger partial charge in [0.05, 0.1) is 0 Å². The normalized spacial score (nSPS) is 10.1. The second-order valence-corrected chi connectivity index (χ2v) is 4.68. The Morgan fingerprint density at radius 2 is 2.00 bits per heavy atom. The number of anilines is 1. The average Bonchev–Trinajstić information content (AvgIpc) is 2.38. The molecule has 0 aliphatic heterocycles. The standard InChI is InChI=1S/C13H12BrN3O/c14-11-5-8-16-12(9-11)17-13(18)2-1-10-3-6-15-7-4-10/h3-9H,1-2H2,(H,16,17,18). The fourth-order valence-corrected chi connectivity index (χ4v) is 1.82. The van der Waals surface area contributed by atoms with Crippen molar-refractivity contribution >= 4 is 27.7 Å². The lowest BCUT2D eigenvalue weighted by molar-refractivity contribution is -0.116. The first kappa shape index (κ1) is 12.7. The van der Waals surface area contributed by atoms with Crippen LogP contribution in [0.25, 0.3) is 0 Å². The Kier molecular flexibility index (Phi) is 4.41. The van der Waals surface area contributed by atoms with Crippen molar-refractivity contribution < 1.29 is 4.79 Å². The highest BCUT2D eigenvalue weighted by Gasteiger charge is 2.04. The van der Waals surface area contributed by atoms with Crippen LogP contribution in [0.2, 0.25) is 0 Å². The van der Waals surface area contributed by atoms with Crippen molar-refractivity contribution in [3.05, 3.63) is 52.9 Å². The number of carbonyl (C=O) groups excluding carboxylic acids is 1. The number of pyridine rings is 2. The van der Waals surface area contributed by atoms with E-state index in [1.807, 2.05) is 18.2 Å². The van der Waals surface area contributed by atoms with Gasteiger partial charge in [-0.3, -0.25) is 9.78 Å². The van der Waals surface area contributed by atoms with E-state index in [-0.39, 0.29) is 5.91 Å². The summed E-state index contributed by atoms with van der Waals surface area (Å²) in [5.74, 6) is 0.515. The van der Waals surface area contributed by atoms with Gasteiger partial charge in [-0.15, -0.1) is 0 Å². The maximum absolute atomic E-state index is 11.7. The van der Waals surface area contributed by atoms with E-state index in [4.69, 9.17) is 0 Å². The van der Waals surface area contributed by atoms with Crippen LogP contribution < -0.4 is 5.32 Å². The molecule has 2 aromatic heterocycles. The second kappa shape index (κ2) is 6.26. The Bertz CT molecular complexity index is 531. The van der Waals surface area contributed by atoms with Crippen LogP contribution in [0.4, 0.5) is 5.82 Å². The quantitative estimate of drug-likeness (QED) is 0.945. The molecule has 92 valence electrons. The van der Waals surface area contributed by atoms with Crippen LogP contribution in [-0.4, -0.2) is 15.9 Å². The molecule has 0 aliphatic carbocycles. The van der Waals surface area contributed by atoms with Crippen molar-refractivity contribution in [1.82, 2.24) is 9.97 Å². The molecule has 1 N–H and O–H groups in total. The number of nitrogens with one attached hydrogen (secondary N) is 1. The number of aromatic nitrogens is 2. The molecule has 5 heteroatoms. The maximum atomic E-state index is 11.7. The summed E-state index contributed by atoms with van der Waals surface area (Å²) in [6.07, 6.45) is 6.22. The number of rotatable bonds is 4. The Labute approximate surface area is 114 Å². The molecule has 0 fully saturated rings. The van der Waals surface area contributed by atoms with Crippen LogP contribution in [0, 0.1) is 0 Å². The topological polar surface area (TPSA) is 54.9 Å². The molecule has 18 heavy (non-hydrogen) atoms. The maximum Gasteiger partial charge on any atom is 0.225 e. The monoisotopic (exact) mass is 305 g/mol. The minimum atomic E-state index is -0.0441. The molecular weight excluding hydrogens is 294 g/mol. The summed E-state index contributed by atoms with van der Waals surface area (Å²) in [5.41, 5.74) is 1.10. The molecular formula is C13H12BrN3O. The highest BCUT2D eigenvalue weighted by atomic mass is 79.9. The van der Waals surface area contributed by atoms with Gasteiger partial charge < -0.3 is 5.32 Å². The summed E-state index contributed by atoms with van der Waals surface area (Å²) in [6.45, 7) is 0. The van der Waals surface area contributed by atoms with Crippen molar-refractivity contribution in [3.8, 4) is 0 Å². The molecule has 2 rings (SSSR count). The first-order valence-electron chi connectivity index (χ1n) is 5.54. The molecule has 0 unspecified atom stereocenters. The van der Waals surface area contributed by atoms with Gasteiger partial charge in [-0.1, -0.05) is 15.9 Å². The first-order chi connectivity index (χ1) is 8.74. The van der Waals surface area contributed by atoms with E-state index in [0.29, 0.717) is 18.7 Å². The van der Waals surface area contributed by atoms with Crippen molar-refractivity contribution in [2.75, 3.05) is 5.32 Å². The van der Waals surface area contributed by atoms with Crippen molar-refractivity contribution in [1.29, 1.82) is 0 Å². The zero-order valence-electron chi connectivity index (χ0n) is 9.64. The third kappa shape index (κ3) is 3.92. The van der Waals surface area contributed by atoms with Crippen LogP contribution in [0.5, 0.6) is 0 Å². The molecule has 0 saturated heterocycles. The largest absolute Gasteiger partial charge is 0.311 e. The fraction of sp³-hybridized carbons (Fsp3) is 0.154. The van der Waals surface area contributed by atoms with Gasteiger partial charge in [-0.05, 0) is 36.2 Å². The SMILES string of the molecule is O=C(CCc1ccncc1)Nc1cc(Br)ccn1. The van der Waals surface area contributed by atoms with Crippen molar-refractivity contribution in [2.24, 2.45) is 0 Å². The molecule has 0 spiro atoms. The summed E-state index contributed by atoms with van der Waals surface area (Å²) >= 11 is 3.33. The molecule has 0 aliphatic rings. The minimum Gasteiger partial charge on any atom is -0.311 e. The molecule has 0 bridgehead atoms. The van der Waals surface area contributed by atoms with Gasteiger partial charge in [-0.2, -0.15) is 0 Å². The van der Waals surface area contributed by atoms with Gasteiger partial charge in [0.2, 0.25) is 5.91 Å². The molecule has 0 saturated carbocycles. The number of nitrogens with zero attached hydrogens (tertiary/aromatic N) is 2. The molecule has 2 heterocycles. The summed E-state index contributed by atoms with van der Waals surface area (Å²) < 4.78 is 0.891. The number of carbonyl (C=O) groups is 1.